The minimum Gasteiger partial charge on any atom is -0.497 e. The zero-order valence-electron chi connectivity index (χ0n) is 13.7. The molecule has 0 fully saturated rings. The molecule has 0 unspecified atom stereocenters. The molecule has 0 spiro atoms. The molecule has 4 heteroatoms. The molecule has 0 atom stereocenters. The first-order valence-electron chi connectivity index (χ1n) is 7.92. The molecular weight excluding hydrogens is 310 g/mol. The van der Waals surface area contributed by atoms with Crippen LogP contribution in [0.3, 0.4) is 0 Å². The van der Waals surface area contributed by atoms with Gasteiger partial charge in [-0.15, -0.1) is 0 Å². The van der Waals surface area contributed by atoms with Crippen molar-refractivity contribution >= 4 is 11.0 Å². The number of nitrogens with zero attached hydrogens (tertiary/aromatic N) is 3. The van der Waals surface area contributed by atoms with Gasteiger partial charge in [0.25, 0.3) is 0 Å². The van der Waals surface area contributed by atoms with E-state index in [0.29, 0.717) is 5.56 Å². The third kappa shape index (κ3) is 2.62. The second-order valence-corrected chi connectivity index (χ2v) is 5.65. The monoisotopic (exact) mass is 325 g/mol. The number of para-hydroxylation sites is 2. The summed E-state index contributed by atoms with van der Waals surface area (Å²) >= 11 is 0. The Morgan fingerprint density at radius 2 is 1.76 bits per heavy atom. The minimum atomic E-state index is 0.617. The fraction of sp³-hybridized carbons (Fsp3) is 0.0476. The van der Waals surface area contributed by atoms with Crippen molar-refractivity contribution in [2.24, 2.45) is 0 Å². The van der Waals surface area contributed by atoms with E-state index in [1.165, 1.54) is 0 Å². The van der Waals surface area contributed by atoms with Gasteiger partial charge in [0.15, 0.2) is 0 Å². The number of aromatic nitrogens is 2. The van der Waals surface area contributed by atoms with Gasteiger partial charge in [-0.25, -0.2) is 4.98 Å². The molecule has 0 aliphatic carbocycles. The van der Waals surface area contributed by atoms with Crippen LogP contribution < -0.4 is 4.74 Å². The zero-order valence-corrected chi connectivity index (χ0v) is 13.7. The Hall–Kier alpha value is -3.58. The number of fused-ring (bicyclic) bond motifs is 1. The van der Waals surface area contributed by atoms with Crippen molar-refractivity contribution in [1.29, 1.82) is 5.26 Å². The van der Waals surface area contributed by atoms with Crippen molar-refractivity contribution in [3.8, 4) is 28.9 Å². The number of benzene rings is 3. The molecule has 120 valence electrons. The Labute approximate surface area is 145 Å². The van der Waals surface area contributed by atoms with E-state index in [9.17, 15) is 5.26 Å². The average molecular weight is 325 g/mol. The molecule has 0 N–H and O–H groups in total. The molecule has 0 amide bonds. The van der Waals surface area contributed by atoms with Crippen molar-refractivity contribution in [3.63, 3.8) is 0 Å². The first kappa shape index (κ1) is 15.0. The molecule has 4 rings (SSSR count). The highest BCUT2D eigenvalue weighted by molar-refractivity contribution is 5.83. The van der Waals surface area contributed by atoms with E-state index in [1.807, 2.05) is 66.7 Å². The molecule has 1 heterocycles. The van der Waals surface area contributed by atoms with E-state index in [2.05, 4.69) is 10.6 Å². The standard InChI is InChI=1S/C21H15N3O/c1-25-18-11-9-17(10-12-18)24-20-8-3-2-7-19(20)23-21(24)16-6-4-5-15(13-16)14-22/h2-13H,1H3. The van der Waals surface area contributed by atoms with Gasteiger partial charge >= 0.3 is 0 Å². The number of ether oxygens (including phenoxy) is 1. The molecule has 0 saturated carbocycles. The summed E-state index contributed by atoms with van der Waals surface area (Å²) in [4.78, 5) is 4.80. The lowest BCUT2D eigenvalue weighted by atomic mass is 10.1. The fourth-order valence-electron chi connectivity index (χ4n) is 2.94. The summed E-state index contributed by atoms with van der Waals surface area (Å²) in [6.45, 7) is 0. The number of methoxy groups -OCH3 is 1. The van der Waals surface area contributed by atoms with Crippen molar-refractivity contribution in [2.75, 3.05) is 7.11 Å². The molecule has 0 aliphatic rings. The molecule has 0 bridgehead atoms. The molecule has 0 aliphatic heterocycles. The predicted molar refractivity (Wildman–Crippen MR) is 97.8 cm³/mol. The lowest BCUT2D eigenvalue weighted by Gasteiger charge is -2.10. The first-order chi connectivity index (χ1) is 12.3. The van der Waals surface area contributed by atoms with Gasteiger partial charge in [0.1, 0.15) is 11.6 Å². The van der Waals surface area contributed by atoms with Gasteiger partial charge < -0.3 is 4.74 Å². The summed E-state index contributed by atoms with van der Waals surface area (Å²) in [6, 6.07) is 25.6. The highest BCUT2D eigenvalue weighted by Crippen LogP contribution is 2.29. The Kier molecular flexibility index (Phi) is 3.68. The minimum absolute atomic E-state index is 0.617. The van der Waals surface area contributed by atoms with E-state index in [1.54, 1.807) is 13.2 Å². The maximum atomic E-state index is 9.20. The smallest absolute Gasteiger partial charge is 0.145 e. The van der Waals surface area contributed by atoms with Gasteiger partial charge in [0, 0.05) is 11.3 Å². The summed E-state index contributed by atoms with van der Waals surface area (Å²) in [6.07, 6.45) is 0. The maximum Gasteiger partial charge on any atom is 0.145 e. The van der Waals surface area contributed by atoms with E-state index >= 15 is 0 Å². The van der Waals surface area contributed by atoms with Gasteiger partial charge in [-0.2, -0.15) is 5.26 Å². The third-order valence-electron chi connectivity index (χ3n) is 4.14. The van der Waals surface area contributed by atoms with Crippen LogP contribution in [0.15, 0.2) is 72.8 Å². The van der Waals surface area contributed by atoms with E-state index in [-0.39, 0.29) is 0 Å². The molecule has 0 saturated heterocycles. The lowest BCUT2D eigenvalue weighted by Crippen LogP contribution is -1.98. The van der Waals surface area contributed by atoms with Crippen LogP contribution in [0, 0.1) is 11.3 Å². The number of imidazole rings is 1. The normalized spacial score (nSPS) is 10.6. The predicted octanol–water partition coefficient (Wildman–Crippen LogP) is 4.57. The number of hydrogen-bond donors (Lipinski definition) is 0. The van der Waals surface area contributed by atoms with Crippen LogP contribution in [-0.2, 0) is 0 Å². The van der Waals surface area contributed by atoms with Gasteiger partial charge in [0.2, 0.25) is 0 Å². The topological polar surface area (TPSA) is 50.8 Å². The summed E-state index contributed by atoms with van der Waals surface area (Å²) < 4.78 is 7.36. The van der Waals surface area contributed by atoms with Gasteiger partial charge in [0.05, 0.1) is 29.8 Å². The Morgan fingerprint density at radius 1 is 0.960 bits per heavy atom. The van der Waals surface area contributed by atoms with Crippen LogP contribution in [0.1, 0.15) is 5.56 Å². The highest BCUT2D eigenvalue weighted by Gasteiger charge is 2.14. The van der Waals surface area contributed by atoms with E-state index < -0.39 is 0 Å². The van der Waals surface area contributed by atoms with Gasteiger partial charge in [-0.1, -0.05) is 24.3 Å². The van der Waals surface area contributed by atoms with Crippen LogP contribution in [0.4, 0.5) is 0 Å². The zero-order chi connectivity index (χ0) is 17.2. The number of hydrogen-bond acceptors (Lipinski definition) is 3. The summed E-state index contributed by atoms with van der Waals surface area (Å²) in [7, 11) is 1.65. The highest BCUT2D eigenvalue weighted by atomic mass is 16.5. The van der Waals surface area contributed by atoms with Crippen LogP contribution in [0.25, 0.3) is 28.1 Å². The van der Waals surface area contributed by atoms with Crippen molar-refractivity contribution < 1.29 is 4.74 Å². The van der Waals surface area contributed by atoms with Crippen LogP contribution >= 0.6 is 0 Å². The Bertz CT molecular complexity index is 1090. The molecule has 0 radical (unpaired) electrons. The fourth-order valence-corrected chi connectivity index (χ4v) is 2.94. The quantitative estimate of drug-likeness (QED) is 0.554. The molecule has 3 aromatic carbocycles. The van der Waals surface area contributed by atoms with Gasteiger partial charge in [-0.05, 0) is 48.5 Å². The van der Waals surface area contributed by atoms with E-state index in [4.69, 9.17) is 9.72 Å². The van der Waals surface area contributed by atoms with Crippen LogP contribution in [0.2, 0.25) is 0 Å². The SMILES string of the molecule is COc1ccc(-n2c(-c3cccc(C#N)c3)nc3ccccc32)cc1. The average Bonchev–Trinajstić information content (AvgIpc) is 3.07. The summed E-state index contributed by atoms with van der Waals surface area (Å²) in [5.41, 5.74) is 4.45. The van der Waals surface area contributed by atoms with Crippen molar-refractivity contribution in [1.82, 2.24) is 9.55 Å². The molecule has 4 aromatic rings. The second kappa shape index (κ2) is 6.14. The van der Waals surface area contributed by atoms with Crippen molar-refractivity contribution in [2.45, 2.75) is 0 Å². The lowest BCUT2D eigenvalue weighted by molar-refractivity contribution is 0.415. The molecule has 1 aromatic heterocycles. The molecule has 25 heavy (non-hydrogen) atoms. The second-order valence-electron chi connectivity index (χ2n) is 5.65. The van der Waals surface area contributed by atoms with Crippen LogP contribution in [0.5, 0.6) is 5.75 Å². The largest absolute Gasteiger partial charge is 0.497 e. The molecular formula is C21H15N3O. The summed E-state index contributed by atoms with van der Waals surface area (Å²) in [5, 5.41) is 9.20. The van der Waals surface area contributed by atoms with Gasteiger partial charge in [-0.3, -0.25) is 4.57 Å². The van der Waals surface area contributed by atoms with Crippen LogP contribution in [-0.4, -0.2) is 16.7 Å². The number of nitriles is 1. The Morgan fingerprint density at radius 3 is 2.52 bits per heavy atom. The summed E-state index contributed by atoms with van der Waals surface area (Å²) in [5.74, 6) is 1.62. The first-order valence-corrected chi connectivity index (χ1v) is 7.92. The van der Waals surface area contributed by atoms with E-state index in [0.717, 1.165) is 33.9 Å². The maximum absolute atomic E-state index is 9.20. The third-order valence-corrected chi connectivity index (χ3v) is 4.14. The Balaban J connectivity index is 1.99. The van der Waals surface area contributed by atoms with Crippen molar-refractivity contribution in [3.05, 3.63) is 78.4 Å². The number of rotatable bonds is 3. The molecule has 4 nitrogen and oxygen atoms in total.